The normalized spacial score (nSPS) is 20.6. The molecule has 0 aliphatic carbocycles. The summed E-state index contributed by atoms with van der Waals surface area (Å²) in [6, 6.07) is 14.7. The SMILES string of the molecule is Cl.O[C@@H](c1ccc2ccccc2c1)[C@H]1CCCN1. The predicted octanol–water partition coefficient (Wildman–Crippen LogP) is 3.05. The van der Waals surface area contributed by atoms with E-state index in [2.05, 4.69) is 29.6 Å². The molecule has 3 rings (SSSR count). The van der Waals surface area contributed by atoms with E-state index in [-0.39, 0.29) is 24.6 Å². The molecule has 1 heterocycles. The van der Waals surface area contributed by atoms with Crippen LogP contribution in [0.25, 0.3) is 10.8 Å². The smallest absolute Gasteiger partial charge is 0.0943 e. The van der Waals surface area contributed by atoms with Gasteiger partial charge in [-0.1, -0.05) is 36.4 Å². The quantitative estimate of drug-likeness (QED) is 0.873. The summed E-state index contributed by atoms with van der Waals surface area (Å²) in [5.41, 5.74) is 1.02. The Hall–Kier alpha value is -1.09. The van der Waals surface area contributed by atoms with Crippen LogP contribution in [0.5, 0.6) is 0 Å². The summed E-state index contributed by atoms with van der Waals surface area (Å²) in [5, 5.41) is 16.1. The molecule has 0 radical (unpaired) electrons. The molecular weight excluding hydrogens is 246 g/mol. The van der Waals surface area contributed by atoms with Gasteiger partial charge in [0.05, 0.1) is 6.10 Å². The summed E-state index contributed by atoms with van der Waals surface area (Å²) >= 11 is 0. The van der Waals surface area contributed by atoms with Gasteiger partial charge in [0.15, 0.2) is 0 Å². The van der Waals surface area contributed by atoms with Crippen LogP contribution in [-0.2, 0) is 0 Å². The van der Waals surface area contributed by atoms with Gasteiger partial charge in [-0.2, -0.15) is 0 Å². The molecule has 1 saturated heterocycles. The number of aliphatic hydroxyl groups excluding tert-OH is 1. The van der Waals surface area contributed by atoms with Crippen LogP contribution < -0.4 is 5.32 Å². The Balaban J connectivity index is 0.00000120. The molecule has 0 unspecified atom stereocenters. The molecule has 0 bridgehead atoms. The van der Waals surface area contributed by atoms with Crippen LogP contribution in [0.3, 0.4) is 0 Å². The van der Waals surface area contributed by atoms with Gasteiger partial charge in [0, 0.05) is 6.04 Å². The maximum absolute atomic E-state index is 10.3. The first-order chi connectivity index (χ1) is 8.34. The maximum Gasteiger partial charge on any atom is 0.0943 e. The number of rotatable bonds is 2. The van der Waals surface area contributed by atoms with E-state index in [0.29, 0.717) is 0 Å². The molecule has 0 aromatic heterocycles. The van der Waals surface area contributed by atoms with E-state index in [1.165, 1.54) is 10.8 Å². The summed E-state index contributed by atoms with van der Waals surface area (Å²) in [5.74, 6) is 0. The van der Waals surface area contributed by atoms with Crippen LogP contribution in [0.2, 0.25) is 0 Å². The van der Waals surface area contributed by atoms with E-state index < -0.39 is 0 Å². The van der Waals surface area contributed by atoms with Crippen molar-refractivity contribution in [2.45, 2.75) is 25.0 Å². The standard InChI is InChI=1S/C15H17NO.ClH/c17-15(14-6-3-9-16-14)13-8-7-11-4-1-2-5-12(11)10-13;/h1-2,4-5,7-8,10,14-17H,3,6,9H2;1H/t14-,15+;/m1./s1. The molecule has 0 saturated carbocycles. The molecule has 2 aromatic rings. The maximum atomic E-state index is 10.3. The van der Waals surface area contributed by atoms with Crippen LogP contribution >= 0.6 is 12.4 Å². The number of hydrogen-bond donors (Lipinski definition) is 2. The second-order valence-corrected chi connectivity index (χ2v) is 4.75. The Morgan fingerprint density at radius 2 is 1.89 bits per heavy atom. The average molecular weight is 264 g/mol. The van der Waals surface area contributed by atoms with Crippen LogP contribution in [-0.4, -0.2) is 17.7 Å². The first-order valence-electron chi connectivity index (χ1n) is 6.25. The van der Waals surface area contributed by atoms with Gasteiger partial charge >= 0.3 is 0 Å². The Bertz CT molecular complexity index is 523. The first kappa shape index (κ1) is 13.3. The Morgan fingerprint density at radius 1 is 1.11 bits per heavy atom. The number of fused-ring (bicyclic) bond motifs is 1. The fraction of sp³-hybridized carbons (Fsp3) is 0.333. The third-order valence-corrected chi connectivity index (χ3v) is 3.59. The van der Waals surface area contributed by atoms with Gasteiger partial charge in [-0.3, -0.25) is 0 Å². The average Bonchev–Trinajstić information content (AvgIpc) is 2.91. The second kappa shape index (κ2) is 5.70. The van der Waals surface area contributed by atoms with Crippen molar-refractivity contribution in [3.05, 3.63) is 48.0 Å². The van der Waals surface area contributed by atoms with Crippen LogP contribution in [0.15, 0.2) is 42.5 Å². The van der Waals surface area contributed by atoms with Crippen molar-refractivity contribution in [1.29, 1.82) is 0 Å². The highest BCUT2D eigenvalue weighted by Gasteiger charge is 2.23. The molecule has 1 aliphatic heterocycles. The van der Waals surface area contributed by atoms with E-state index in [0.717, 1.165) is 24.9 Å². The lowest BCUT2D eigenvalue weighted by Crippen LogP contribution is -2.28. The van der Waals surface area contributed by atoms with Crippen LogP contribution in [0.1, 0.15) is 24.5 Å². The van der Waals surface area contributed by atoms with Gasteiger partial charge in [-0.15, -0.1) is 12.4 Å². The van der Waals surface area contributed by atoms with Crippen molar-refractivity contribution in [2.75, 3.05) is 6.54 Å². The molecular formula is C15H18ClNO. The van der Waals surface area contributed by atoms with Gasteiger partial charge in [0.1, 0.15) is 0 Å². The molecule has 0 amide bonds. The minimum absolute atomic E-state index is 0. The van der Waals surface area contributed by atoms with Gasteiger partial charge in [-0.05, 0) is 41.8 Å². The van der Waals surface area contributed by atoms with Crippen molar-refractivity contribution in [2.24, 2.45) is 0 Å². The molecule has 0 spiro atoms. The summed E-state index contributed by atoms with van der Waals surface area (Å²) in [4.78, 5) is 0. The first-order valence-corrected chi connectivity index (χ1v) is 6.25. The number of halogens is 1. The van der Waals surface area contributed by atoms with Gasteiger partial charge < -0.3 is 10.4 Å². The van der Waals surface area contributed by atoms with E-state index in [9.17, 15) is 5.11 Å². The molecule has 2 N–H and O–H groups in total. The highest BCUT2D eigenvalue weighted by Crippen LogP contribution is 2.25. The monoisotopic (exact) mass is 263 g/mol. The predicted molar refractivity (Wildman–Crippen MR) is 77.2 cm³/mol. The Labute approximate surface area is 113 Å². The zero-order valence-electron chi connectivity index (χ0n) is 10.2. The van der Waals surface area contributed by atoms with E-state index in [1.807, 2.05) is 18.2 Å². The number of benzene rings is 2. The van der Waals surface area contributed by atoms with E-state index >= 15 is 0 Å². The second-order valence-electron chi connectivity index (χ2n) is 4.75. The van der Waals surface area contributed by atoms with Crippen molar-refractivity contribution in [3.8, 4) is 0 Å². The number of hydrogen-bond acceptors (Lipinski definition) is 2. The lowest BCUT2D eigenvalue weighted by molar-refractivity contribution is 0.137. The summed E-state index contributed by atoms with van der Waals surface area (Å²) in [6.45, 7) is 1.02. The zero-order chi connectivity index (χ0) is 11.7. The minimum atomic E-state index is -0.387. The van der Waals surface area contributed by atoms with Gasteiger partial charge in [0.25, 0.3) is 0 Å². The third-order valence-electron chi connectivity index (χ3n) is 3.59. The number of nitrogens with one attached hydrogen (secondary N) is 1. The molecule has 96 valence electrons. The fourth-order valence-corrected chi connectivity index (χ4v) is 2.61. The molecule has 2 atom stereocenters. The fourth-order valence-electron chi connectivity index (χ4n) is 2.61. The molecule has 1 aliphatic rings. The van der Waals surface area contributed by atoms with Crippen molar-refractivity contribution in [1.82, 2.24) is 5.32 Å². The highest BCUT2D eigenvalue weighted by atomic mass is 35.5. The van der Waals surface area contributed by atoms with Crippen LogP contribution in [0, 0.1) is 0 Å². The Kier molecular flexibility index (Phi) is 4.23. The summed E-state index contributed by atoms with van der Waals surface area (Å²) < 4.78 is 0. The van der Waals surface area contributed by atoms with Crippen molar-refractivity contribution < 1.29 is 5.11 Å². The Morgan fingerprint density at radius 3 is 2.61 bits per heavy atom. The lowest BCUT2D eigenvalue weighted by atomic mass is 9.98. The van der Waals surface area contributed by atoms with E-state index in [1.54, 1.807) is 0 Å². The van der Waals surface area contributed by atoms with E-state index in [4.69, 9.17) is 0 Å². The van der Waals surface area contributed by atoms with Crippen molar-refractivity contribution >= 4 is 23.2 Å². The van der Waals surface area contributed by atoms with Crippen molar-refractivity contribution in [3.63, 3.8) is 0 Å². The molecule has 3 heteroatoms. The summed E-state index contributed by atoms with van der Waals surface area (Å²) in [6.07, 6.45) is 1.84. The topological polar surface area (TPSA) is 32.3 Å². The molecule has 1 fully saturated rings. The molecule has 2 nitrogen and oxygen atoms in total. The summed E-state index contributed by atoms with van der Waals surface area (Å²) in [7, 11) is 0. The third kappa shape index (κ3) is 2.51. The lowest BCUT2D eigenvalue weighted by Gasteiger charge is -2.19. The molecule has 18 heavy (non-hydrogen) atoms. The number of aliphatic hydroxyl groups is 1. The highest BCUT2D eigenvalue weighted by molar-refractivity contribution is 5.85. The van der Waals surface area contributed by atoms with Gasteiger partial charge in [0.2, 0.25) is 0 Å². The minimum Gasteiger partial charge on any atom is -0.387 e. The molecule has 2 aromatic carbocycles. The van der Waals surface area contributed by atoms with Crippen LogP contribution in [0.4, 0.5) is 0 Å². The zero-order valence-corrected chi connectivity index (χ0v) is 11.0. The van der Waals surface area contributed by atoms with Gasteiger partial charge in [-0.25, -0.2) is 0 Å². The largest absolute Gasteiger partial charge is 0.387 e.